The maximum Gasteiger partial charge on any atom is 0.253 e. The minimum absolute atomic E-state index is 0.00423. The van der Waals surface area contributed by atoms with Gasteiger partial charge in [0.05, 0.1) is 6.10 Å². The predicted octanol–water partition coefficient (Wildman–Crippen LogP) is 3.23. The van der Waals surface area contributed by atoms with Gasteiger partial charge in [-0.05, 0) is 42.0 Å². The van der Waals surface area contributed by atoms with Crippen molar-refractivity contribution in [2.45, 2.75) is 45.1 Å². The summed E-state index contributed by atoms with van der Waals surface area (Å²) in [6, 6.07) is 5.89. The highest BCUT2D eigenvalue weighted by atomic mass is 16.5. The van der Waals surface area contributed by atoms with E-state index in [9.17, 15) is 4.79 Å². The molecule has 0 aromatic heterocycles. The molecule has 1 aromatic carbocycles. The second-order valence-electron chi connectivity index (χ2n) is 6.51. The van der Waals surface area contributed by atoms with Gasteiger partial charge in [-0.2, -0.15) is 0 Å². The maximum atomic E-state index is 12.1. The van der Waals surface area contributed by atoms with Crippen LogP contribution in [0.2, 0.25) is 0 Å². The molecular weight excluding hydrogens is 238 g/mol. The lowest BCUT2D eigenvalue weighted by atomic mass is 9.86. The Morgan fingerprint density at radius 3 is 2.32 bits per heavy atom. The van der Waals surface area contributed by atoms with Crippen LogP contribution in [0.1, 0.15) is 49.5 Å². The largest absolute Gasteiger partial charge is 0.490 e. The molecule has 0 radical (unpaired) electrons. The van der Waals surface area contributed by atoms with Crippen molar-refractivity contribution in [2.75, 3.05) is 14.1 Å². The van der Waals surface area contributed by atoms with Gasteiger partial charge >= 0.3 is 0 Å². The molecule has 0 N–H and O–H groups in total. The molecule has 1 aliphatic carbocycles. The fourth-order valence-corrected chi connectivity index (χ4v) is 1.86. The second-order valence-corrected chi connectivity index (χ2v) is 6.51. The molecule has 1 saturated carbocycles. The first-order chi connectivity index (χ1) is 8.77. The molecule has 19 heavy (non-hydrogen) atoms. The summed E-state index contributed by atoms with van der Waals surface area (Å²) in [5.74, 6) is 0.840. The first-order valence-electron chi connectivity index (χ1n) is 6.81. The molecule has 1 fully saturated rings. The van der Waals surface area contributed by atoms with Crippen LogP contribution < -0.4 is 4.74 Å². The van der Waals surface area contributed by atoms with E-state index in [4.69, 9.17) is 4.74 Å². The van der Waals surface area contributed by atoms with Gasteiger partial charge in [-0.3, -0.25) is 4.79 Å². The van der Waals surface area contributed by atoms with Crippen molar-refractivity contribution >= 4 is 5.91 Å². The third-order valence-electron chi connectivity index (χ3n) is 3.25. The summed E-state index contributed by atoms with van der Waals surface area (Å²) >= 11 is 0. The standard InChI is InChI=1S/C16H23NO2/c1-16(2,3)12-8-11(15(18)17(4)5)9-14(10-12)19-13-6-7-13/h8-10,13H,6-7H2,1-5H3. The molecule has 0 heterocycles. The minimum Gasteiger partial charge on any atom is -0.490 e. The van der Waals surface area contributed by atoms with E-state index in [1.807, 2.05) is 12.1 Å². The van der Waals surface area contributed by atoms with E-state index in [0.29, 0.717) is 11.7 Å². The van der Waals surface area contributed by atoms with Crippen LogP contribution in [0.25, 0.3) is 0 Å². The summed E-state index contributed by atoms with van der Waals surface area (Å²) in [6.07, 6.45) is 2.59. The van der Waals surface area contributed by atoms with E-state index in [0.717, 1.165) is 24.2 Å². The summed E-state index contributed by atoms with van der Waals surface area (Å²) in [5.41, 5.74) is 1.84. The number of rotatable bonds is 3. The summed E-state index contributed by atoms with van der Waals surface area (Å²) in [4.78, 5) is 13.7. The molecule has 0 aliphatic heterocycles. The molecule has 2 rings (SSSR count). The van der Waals surface area contributed by atoms with Gasteiger partial charge in [0.25, 0.3) is 5.91 Å². The smallest absolute Gasteiger partial charge is 0.253 e. The van der Waals surface area contributed by atoms with Crippen LogP contribution in [0.15, 0.2) is 18.2 Å². The predicted molar refractivity (Wildman–Crippen MR) is 76.8 cm³/mol. The van der Waals surface area contributed by atoms with Gasteiger partial charge in [0.15, 0.2) is 0 Å². The van der Waals surface area contributed by atoms with Crippen molar-refractivity contribution < 1.29 is 9.53 Å². The molecule has 1 aliphatic rings. The average Bonchev–Trinajstić information content (AvgIpc) is 3.10. The number of benzene rings is 1. The van der Waals surface area contributed by atoms with Crippen LogP contribution in [0.3, 0.4) is 0 Å². The third-order valence-corrected chi connectivity index (χ3v) is 3.25. The van der Waals surface area contributed by atoms with E-state index < -0.39 is 0 Å². The van der Waals surface area contributed by atoms with Crippen molar-refractivity contribution in [2.24, 2.45) is 0 Å². The quantitative estimate of drug-likeness (QED) is 0.836. The molecule has 0 atom stereocenters. The Morgan fingerprint density at radius 2 is 1.84 bits per heavy atom. The molecule has 104 valence electrons. The van der Waals surface area contributed by atoms with E-state index in [2.05, 4.69) is 26.8 Å². The van der Waals surface area contributed by atoms with Crippen molar-refractivity contribution in [3.8, 4) is 5.75 Å². The van der Waals surface area contributed by atoms with E-state index >= 15 is 0 Å². The fourth-order valence-electron chi connectivity index (χ4n) is 1.86. The highest BCUT2D eigenvalue weighted by Gasteiger charge is 2.25. The topological polar surface area (TPSA) is 29.5 Å². The summed E-state index contributed by atoms with van der Waals surface area (Å²) in [6.45, 7) is 6.44. The Morgan fingerprint density at radius 1 is 1.21 bits per heavy atom. The van der Waals surface area contributed by atoms with Gasteiger partial charge in [-0.1, -0.05) is 20.8 Å². The molecule has 1 amide bonds. The number of amides is 1. The number of carbonyl (C=O) groups excluding carboxylic acids is 1. The second kappa shape index (κ2) is 4.87. The molecule has 1 aromatic rings. The van der Waals surface area contributed by atoms with Gasteiger partial charge in [0, 0.05) is 19.7 Å². The van der Waals surface area contributed by atoms with Crippen molar-refractivity contribution in [1.29, 1.82) is 0 Å². The molecule has 0 unspecified atom stereocenters. The van der Waals surface area contributed by atoms with Crippen LogP contribution in [0, 0.1) is 0 Å². The Bertz CT molecular complexity index is 482. The molecule has 3 nitrogen and oxygen atoms in total. The lowest BCUT2D eigenvalue weighted by Gasteiger charge is -2.22. The van der Waals surface area contributed by atoms with Gasteiger partial charge in [0.2, 0.25) is 0 Å². The maximum absolute atomic E-state index is 12.1. The number of ether oxygens (including phenoxy) is 1. The number of hydrogen-bond donors (Lipinski definition) is 0. The van der Waals surface area contributed by atoms with Crippen molar-refractivity contribution in [3.05, 3.63) is 29.3 Å². The lowest BCUT2D eigenvalue weighted by molar-refractivity contribution is 0.0827. The summed E-state index contributed by atoms with van der Waals surface area (Å²) in [7, 11) is 3.54. The third kappa shape index (κ3) is 3.49. The molecule has 0 bridgehead atoms. The van der Waals surface area contributed by atoms with E-state index in [-0.39, 0.29) is 11.3 Å². The van der Waals surface area contributed by atoms with Crippen molar-refractivity contribution in [1.82, 2.24) is 4.90 Å². The zero-order valence-electron chi connectivity index (χ0n) is 12.5. The van der Waals surface area contributed by atoms with E-state index in [1.165, 1.54) is 0 Å². The SMILES string of the molecule is CN(C)C(=O)c1cc(OC2CC2)cc(C(C)(C)C)c1. The zero-order valence-corrected chi connectivity index (χ0v) is 12.5. The Labute approximate surface area is 115 Å². The molecular formula is C16H23NO2. The van der Waals surface area contributed by atoms with Crippen molar-refractivity contribution in [3.63, 3.8) is 0 Å². The van der Waals surface area contributed by atoms with Crippen LogP contribution in [-0.4, -0.2) is 31.0 Å². The highest BCUT2D eigenvalue weighted by Crippen LogP contribution is 2.32. The van der Waals surface area contributed by atoms with E-state index in [1.54, 1.807) is 19.0 Å². The first-order valence-corrected chi connectivity index (χ1v) is 6.81. The van der Waals surface area contributed by atoms with Gasteiger partial charge in [-0.15, -0.1) is 0 Å². The Balaban J connectivity index is 2.38. The average molecular weight is 261 g/mol. The molecule has 3 heteroatoms. The summed E-state index contributed by atoms with van der Waals surface area (Å²) < 4.78 is 5.86. The van der Waals surface area contributed by atoms with Gasteiger partial charge < -0.3 is 9.64 Å². The van der Waals surface area contributed by atoms with Crippen LogP contribution in [0.5, 0.6) is 5.75 Å². The Kier molecular flexibility index (Phi) is 3.57. The highest BCUT2D eigenvalue weighted by molar-refractivity contribution is 5.94. The van der Waals surface area contributed by atoms with Crippen LogP contribution in [-0.2, 0) is 5.41 Å². The van der Waals surface area contributed by atoms with Gasteiger partial charge in [0.1, 0.15) is 5.75 Å². The summed E-state index contributed by atoms with van der Waals surface area (Å²) in [5, 5.41) is 0. The first kappa shape index (κ1) is 13.9. The number of nitrogens with zero attached hydrogens (tertiary/aromatic N) is 1. The molecule has 0 spiro atoms. The monoisotopic (exact) mass is 261 g/mol. The fraction of sp³-hybridized carbons (Fsp3) is 0.562. The Hall–Kier alpha value is -1.51. The zero-order chi connectivity index (χ0) is 14.2. The lowest BCUT2D eigenvalue weighted by Crippen LogP contribution is -2.23. The van der Waals surface area contributed by atoms with Crippen LogP contribution in [0.4, 0.5) is 0 Å². The normalized spacial score (nSPS) is 15.2. The minimum atomic E-state index is 0.00423. The number of carbonyl (C=O) groups is 1. The van der Waals surface area contributed by atoms with Gasteiger partial charge in [-0.25, -0.2) is 0 Å². The van der Waals surface area contributed by atoms with Crippen LogP contribution >= 0.6 is 0 Å². The molecule has 0 saturated heterocycles. The number of hydrogen-bond acceptors (Lipinski definition) is 2.